The minimum atomic E-state index is -0.263. The van der Waals surface area contributed by atoms with Crippen molar-refractivity contribution >= 4 is 47.1 Å². The largest absolute Gasteiger partial charge is 0.493 e. The smallest absolute Gasteiger partial charge is 0.175 e. The molecular formula is C30H42Cl2N4O3S. The normalized spacial score (nSPS) is 20.2. The molecule has 0 unspecified atom stereocenters. The van der Waals surface area contributed by atoms with Crippen molar-refractivity contribution in [2.45, 2.75) is 70.6 Å². The third kappa shape index (κ3) is 8.12. The van der Waals surface area contributed by atoms with E-state index in [0.29, 0.717) is 19.1 Å². The second kappa shape index (κ2) is 15.4. The molecule has 10 heteroatoms. The number of benzene rings is 1. The fourth-order valence-corrected chi connectivity index (χ4v) is 6.82. The molecule has 0 bridgehead atoms. The summed E-state index contributed by atoms with van der Waals surface area (Å²) in [5, 5.41) is 25.0. The predicted octanol–water partition coefficient (Wildman–Crippen LogP) is 6.44. The quantitative estimate of drug-likeness (QED) is 0.283. The van der Waals surface area contributed by atoms with Crippen molar-refractivity contribution in [3.05, 3.63) is 45.3 Å². The Morgan fingerprint density at radius 1 is 1.12 bits per heavy atom. The lowest BCUT2D eigenvalue weighted by molar-refractivity contribution is 0.0419. The first kappa shape index (κ1) is 32.7. The summed E-state index contributed by atoms with van der Waals surface area (Å²) in [5.74, 6) is 1.73. The molecule has 1 aromatic carbocycles. The van der Waals surface area contributed by atoms with Gasteiger partial charge in [-0.25, -0.2) is 0 Å². The number of nitrogens with zero attached hydrogens (tertiary/aromatic N) is 4. The Morgan fingerprint density at radius 2 is 1.90 bits per heavy atom. The number of piperidine rings is 1. The molecule has 0 spiro atoms. The van der Waals surface area contributed by atoms with Gasteiger partial charge in [-0.1, -0.05) is 18.0 Å². The van der Waals surface area contributed by atoms with Gasteiger partial charge in [0, 0.05) is 29.3 Å². The molecule has 1 aliphatic carbocycles. The van der Waals surface area contributed by atoms with E-state index in [0.717, 1.165) is 91.0 Å². The van der Waals surface area contributed by atoms with E-state index < -0.39 is 0 Å². The highest BCUT2D eigenvalue weighted by molar-refractivity contribution is 7.12. The molecule has 2 aliphatic rings. The minimum absolute atomic E-state index is 0. The van der Waals surface area contributed by atoms with Gasteiger partial charge in [-0.3, -0.25) is 4.90 Å². The number of ether oxygens (including phenoxy) is 1. The molecule has 2 fully saturated rings. The average molecular weight is 610 g/mol. The first-order valence-electron chi connectivity index (χ1n) is 14.1. The molecule has 1 saturated heterocycles. The maximum absolute atomic E-state index is 10.4. The Labute approximate surface area is 254 Å². The van der Waals surface area contributed by atoms with Gasteiger partial charge < -0.3 is 19.3 Å². The van der Waals surface area contributed by atoms with Gasteiger partial charge in [0.15, 0.2) is 5.58 Å². The number of aromatic nitrogens is 1. The van der Waals surface area contributed by atoms with E-state index in [-0.39, 0.29) is 36.8 Å². The zero-order valence-corrected chi connectivity index (χ0v) is 26.0. The van der Waals surface area contributed by atoms with Crippen LogP contribution in [0.3, 0.4) is 0 Å². The van der Waals surface area contributed by atoms with E-state index in [2.05, 4.69) is 53.3 Å². The molecule has 7 nitrogen and oxygen atoms in total. The van der Waals surface area contributed by atoms with Crippen LogP contribution >= 0.6 is 36.2 Å². The number of aliphatic hydroxyl groups excluding tert-OH is 1. The molecule has 220 valence electrons. The van der Waals surface area contributed by atoms with Gasteiger partial charge in [-0.15, -0.1) is 36.2 Å². The van der Waals surface area contributed by atoms with Gasteiger partial charge in [-0.2, -0.15) is 5.26 Å². The van der Waals surface area contributed by atoms with Gasteiger partial charge in [0.1, 0.15) is 16.7 Å². The first-order valence-corrected chi connectivity index (χ1v) is 14.9. The van der Waals surface area contributed by atoms with Crippen LogP contribution in [-0.2, 0) is 19.5 Å². The SMILES string of the molecule is CN(C)Cc1c(OC[C@@H]2CCCC[C@H]2O)ccc2c(CCC3CCN(Cc4ccc(C#N)s4)CC3)noc12.Cl.Cl. The highest BCUT2D eigenvalue weighted by Gasteiger charge is 2.25. The van der Waals surface area contributed by atoms with Gasteiger partial charge in [0.2, 0.25) is 0 Å². The van der Waals surface area contributed by atoms with Gasteiger partial charge in [0.25, 0.3) is 0 Å². The maximum atomic E-state index is 10.4. The van der Waals surface area contributed by atoms with Crippen molar-refractivity contribution in [3.63, 3.8) is 0 Å². The zero-order valence-electron chi connectivity index (χ0n) is 23.5. The number of thiophene rings is 1. The molecule has 2 aromatic heterocycles. The summed E-state index contributed by atoms with van der Waals surface area (Å²) < 4.78 is 12.2. The Balaban J connectivity index is 0.00000220. The lowest BCUT2D eigenvalue weighted by atomic mass is 9.87. The van der Waals surface area contributed by atoms with Crippen molar-refractivity contribution in [2.24, 2.45) is 11.8 Å². The second-order valence-electron chi connectivity index (χ2n) is 11.3. The fourth-order valence-electron chi connectivity index (χ4n) is 5.97. The molecule has 0 radical (unpaired) electrons. The molecule has 1 aliphatic heterocycles. The summed E-state index contributed by atoms with van der Waals surface area (Å²) in [6.07, 6.45) is 8.34. The lowest BCUT2D eigenvalue weighted by Crippen LogP contribution is -2.33. The Bertz CT molecular complexity index is 1250. The van der Waals surface area contributed by atoms with Gasteiger partial charge in [0.05, 0.1) is 24.0 Å². The third-order valence-electron chi connectivity index (χ3n) is 8.22. The van der Waals surface area contributed by atoms with Crippen molar-refractivity contribution in [2.75, 3.05) is 33.8 Å². The maximum Gasteiger partial charge on any atom is 0.175 e. The first-order chi connectivity index (χ1) is 18.5. The number of halogens is 2. The number of hydrogen-bond acceptors (Lipinski definition) is 8. The monoisotopic (exact) mass is 608 g/mol. The lowest BCUT2D eigenvalue weighted by Gasteiger charge is -2.31. The van der Waals surface area contributed by atoms with Gasteiger partial charge in [-0.05, 0) is 95.9 Å². The highest BCUT2D eigenvalue weighted by Crippen LogP contribution is 2.34. The van der Waals surface area contributed by atoms with Crippen LogP contribution in [0.15, 0.2) is 28.8 Å². The third-order valence-corrected chi connectivity index (χ3v) is 9.19. The van der Waals surface area contributed by atoms with Gasteiger partial charge >= 0.3 is 0 Å². The number of aliphatic hydroxyl groups is 1. The molecule has 3 aromatic rings. The summed E-state index contributed by atoms with van der Waals surface area (Å²) in [6.45, 7) is 4.42. The van der Waals surface area contributed by atoms with Crippen molar-refractivity contribution in [1.29, 1.82) is 5.26 Å². The molecule has 40 heavy (non-hydrogen) atoms. The van der Waals surface area contributed by atoms with Crippen LogP contribution in [0.5, 0.6) is 5.75 Å². The molecule has 0 amide bonds. The molecule has 3 heterocycles. The van der Waals surface area contributed by atoms with E-state index in [9.17, 15) is 5.11 Å². The zero-order chi connectivity index (χ0) is 26.5. The standard InChI is InChI=1S/C30H40N4O3S.2ClH/c1-33(2)19-26-29(36-20-22-5-3-4-6-28(22)35)12-10-25-27(32-37-30(25)26)11-7-21-13-15-34(16-14-21)18-24-9-8-23(17-31)38-24;;/h8-10,12,21-22,28,35H,3-7,11,13-16,18-20H2,1-2H3;2*1H/t22-,28+;;/m0../s1. The molecule has 1 N–H and O–H groups in total. The molecular weight excluding hydrogens is 567 g/mol. The fraction of sp³-hybridized carbons (Fsp3) is 0.600. The van der Waals surface area contributed by atoms with E-state index in [1.165, 1.54) is 17.7 Å². The van der Waals surface area contributed by atoms with E-state index in [1.807, 2.05) is 6.07 Å². The van der Waals surface area contributed by atoms with Crippen LogP contribution in [0.1, 0.15) is 66.0 Å². The van der Waals surface area contributed by atoms with Crippen molar-refractivity contribution < 1.29 is 14.4 Å². The summed E-state index contributed by atoms with van der Waals surface area (Å²) >= 11 is 1.61. The van der Waals surface area contributed by atoms with E-state index >= 15 is 0 Å². The van der Waals surface area contributed by atoms with Crippen LogP contribution in [0, 0.1) is 23.2 Å². The number of nitriles is 1. The minimum Gasteiger partial charge on any atom is -0.493 e. The van der Waals surface area contributed by atoms with Crippen LogP contribution in [0.25, 0.3) is 11.0 Å². The van der Waals surface area contributed by atoms with Crippen molar-refractivity contribution in [1.82, 2.24) is 15.0 Å². The Morgan fingerprint density at radius 3 is 2.60 bits per heavy atom. The van der Waals surface area contributed by atoms with Crippen molar-refractivity contribution in [3.8, 4) is 11.8 Å². The van der Waals surface area contributed by atoms with Crippen LogP contribution in [-0.4, -0.2) is 60.0 Å². The van der Waals surface area contributed by atoms with Crippen LogP contribution in [0.2, 0.25) is 0 Å². The summed E-state index contributed by atoms with van der Waals surface area (Å²) in [6, 6.07) is 10.4. The summed E-state index contributed by atoms with van der Waals surface area (Å²) in [7, 11) is 4.11. The van der Waals surface area contributed by atoms with E-state index in [4.69, 9.17) is 14.5 Å². The highest BCUT2D eigenvalue weighted by atomic mass is 35.5. The summed E-state index contributed by atoms with van der Waals surface area (Å²) in [4.78, 5) is 6.71. The molecule has 5 rings (SSSR count). The number of aryl methyl sites for hydroxylation is 1. The number of hydrogen-bond donors (Lipinski definition) is 1. The second-order valence-corrected chi connectivity index (χ2v) is 12.5. The van der Waals surface area contributed by atoms with E-state index in [1.54, 1.807) is 11.3 Å². The Hall–Kier alpha value is -1.86. The average Bonchev–Trinajstić information content (AvgIpc) is 3.55. The predicted molar refractivity (Wildman–Crippen MR) is 165 cm³/mol. The topological polar surface area (TPSA) is 85.8 Å². The Kier molecular flexibility index (Phi) is 12.6. The summed E-state index contributed by atoms with van der Waals surface area (Å²) in [5.41, 5.74) is 2.91. The molecule has 2 atom stereocenters. The molecule has 1 saturated carbocycles. The van der Waals surface area contributed by atoms with Crippen LogP contribution < -0.4 is 4.74 Å². The number of likely N-dealkylation sites (tertiary alicyclic amines) is 1. The van der Waals surface area contributed by atoms with Crippen LogP contribution in [0.4, 0.5) is 0 Å². The number of fused-ring (bicyclic) bond motifs is 1. The number of rotatable bonds is 10.